The molecule has 1 unspecified atom stereocenters. The minimum Gasteiger partial charge on any atom is -0.459 e. The summed E-state index contributed by atoms with van der Waals surface area (Å²) in [4.78, 5) is 10.4. The number of carbonyl (C=O) groups excluding carboxylic acids is 1. The molecule has 0 saturated heterocycles. The smallest absolute Gasteiger partial charge is 0.293 e. The van der Waals surface area contributed by atoms with Crippen LogP contribution in [0.1, 0.15) is 17.2 Å². The minimum absolute atomic E-state index is 0.330. The van der Waals surface area contributed by atoms with Gasteiger partial charge in [-0.05, 0) is 17.7 Å². The zero-order valence-electron chi connectivity index (χ0n) is 8.88. The van der Waals surface area contributed by atoms with E-state index >= 15 is 0 Å². The Balaban J connectivity index is 2.16. The molecule has 5 heteroatoms. The number of ether oxygens (including phenoxy) is 1. The standard InChI is InChI=1S/C12H10FNO3/c13-11-3-1-10(2-4-11)12(16-8-15)5-9-6-14-17-7-9/h1-4,6-8,12H,5H2. The molecule has 1 heterocycles. The average molecular weight is 235 g/mol. The van der Waals surface area contributed by atoms with Gasteiger partial charge in [0.1, 0.15) is 18.2 Å². The molecule has 1 aromatic heterocycles. The molecule has 0 saturated carbocycles. The fraction of sp³-hybridized carbons (Fsp3) is 0.167. The zero-order valence-corrected chi connectivity index (χ0v) is 8.88. The molecule has 0 N–H and O–H groups in total. The van der Waals surface area contributed by atoms with Gasteiger partial charge in [0, 0.05) is 12.0 Å². The van der Waals surface area contributed by atoms with Gasteiger partial charge >= 0.3 is 0 Å². The number of rotatable bonds is 5. The summed E-state index contributed by atoms with van der Waals surface area (Å²) in [5, 5.41) is 3.56. The summed E-state index contributed by atoms with van der Waals surface area (Å²) in [7, 11) is 0. The first-order valence-corrected chi connectivity index (χ1v) is 5.02. The highest BCUT2D eigenvalue weighted by molar-refractivity contribution is 5.39. The molecule has 0 bridgehead atoms. The Morgan fingerprint density at radius 1 is 1.41 bits per heavy atom. The van der Waals surface area contributed by atoms with Gasteiger partial charge in [0.15, 0.2) is 0 Å². The van der Waals surface area contributed by atoms with E-state index in [1.807, 2.05) is 0 Å². The molecule has 1 atom stereocenters. The summed E-state index contributed by atoms with van der Waals surface area (Å²) >= 11 is 0. The molecule has 1 aromatic carbocycles. The molecule has 17 heavy (non-hydrogen) atoms. The van der Waals surface area contributed by atoms with Gasteiger partial charge in [-0.25, -0.2) is 4.39 Å². The van der Waals surface area contributed by atoms with Crippen LogP contribution in [0.15, 0.2) is 41.2 Å². The van der Waals surface area contributed by atoms with Crippen molar-refractivity contribution in [2.45, 2.75) is 12.5 Å². The lowest BCUT2D eigenvalue weighted by molar-refractivity contribution is -0.133. The maximum atomic E-state index is 12.8. The average Bonchev–Trinajstić information content (AvgIpc) is 2.82. The summed E-state index contributed by atoms with van der Waals surface area (Å²) in [6, 6.07) is 5.81. The zero-order chi connectivity index (χ0) is 12.1. The quantitative estimate of drug-likeness (QED) is 0.746. The molecule has 0 amide bonds. The Bertz CT molecular complexity index is 467. The van der Waals surface area contributed by atoms with Crippen molar-refractivity contribution in [3.63, 3.8) is 0 Å². The van der Waals surface area contributed by atoms with Crippen LogP contribution >= 0.6 is 0 Å². The van der Waals surface area contributed by atoms with Crippen molar-refractivity contribution < 1.29 is 18.4 Å². The van der Waals surface area contributed by atoms with Gasteiger partial charge in [0.05, 0.1) is 6.20 Å². The van der Waals surface area contributed by atoms with E-state index in [9.17, 15) is 9.18 Å². The van der Waals surface area contributed by atoms with Crippen LogP contribution in [0.4, 0.5) is 4.39 Å². The monoisotopic (exact) mass is 235 g/mol. The van der Waals surface area contributed by atoms with Gasteiger partial charge in [0.25, 0.3) is 6.47 Å². The van der Waals surface area contributed by atoms with Crippen molar-refractivity contribution >= 4 is 6.47 Å². The van der Waals surface area contributed by atoms with Gasteiger partial charge in [0.2, 0.25) is 0 Å². The molecule has 2 aromatic rings. The summed E-state index contributed by atoms with van der Waals surface area (Å²) in [6.07, 6.45) is 3.00. The number of nitrogens with zero attached hydrogens (tertiary/aromatic N) is 1. The number of hydrogen-bond donors (Lipinski definition) is 0. The first-order chi connectivity index (χ1) is 8.29. The topological polar surface area (TPSA) is 52.3 Å². The number of carbonyl (C=O) groups is 1. The lowest BCUT2D eigenvalue weighted by Gasteiger charge is -2.14. The SMILES string of the molecule is O=COC(Cc1cnoc1)c1ccc(F)cc1. The molecule has 0 aliphatic rings. The third kappa shape index (κ3) is 2.90. The van der Waals surface area contributed by atoms with E-state index in [0.717, 1.165) is 11.1 Å². The highest BCUT2D eigenvalue weighted by Crippen LogP contribution is 2.21. The van der Waals surface area contributed by atoms with E-state index < -0.39 is 6.10 Å². The highest BCUT2D eigenvalue weighted by Gasteiger charge is 2.14. The van der Waals surface area contributed by atoms with Crippen molar-refractivity contribution in [1.29, 1.82) is 0 Å². The second-order valence-corrected chi connectivity index (χ2v) is 3.51. The van der Waals surface area contributed by atoms with Crippen molar-refractivity contribution in [1.82, 2.24) is 5.16 Å². The van der Waals surface area contributed by atoms with Crippen molar-refractivity contribution in [2.24, 2.45) is 0 Å². The molecule has 0 aliphatic heterocycles. The van der Waals surface area contributed by atoms with Crippen molar-refractivity contribution in [3.8, 4) is 0 Å². The van der Waals surface area contributed by atoms with Crippen LogP contribution in [0.5, 0.6) is 0 Å². The Morgan fingerprint density at radius 3 is 2.76 bits per heavy atom. The van der Waals surface area contributed by atoms with Crippen LogP contribution in [0.25, 0.3) is 0 Å². The van der Waals surface area contributed by atoms with Crippen LogP contribution in [-0.2, 0) is 16.0 Å². The molecule has 0 aliphatic carbocycles. The van der Waals surface area contributed by atoms with E-state index in [1.165, 1.54) is 18.4 Å². The molecule has 4 nitrogen and oxygen atoms in total. The molecule has 0 spiro atoms. The van der Waals surface area contributed by atoms with Crippen molar-refractivity contribution in [3.05, 3.63) is 53.7 Å². The maximum Gasteiger partial charge on any atom is 0.293 e. The lowest BCUT2D eigenvalue weighted by Crippen LogP contribution is -2.06. The van der Waals surface area contributed by atoms with Gasteiger partial charge in [-0.3, -0.25) is 4.79 Å². The van der Waals surface area contributed by atoms with Crippen molar-refractivity contribution in [2.75, 3.05) is 0 Å². The maximum absolute atomic E-state index is 12.8. The van der Waals surface area contributed by atoms with E-state index in [0.29, 0.717) is 12.9 Å². The molecular weight excluding hydrogens is 225 g/mol. The third-order valence-electron chi connectivity index (χ3n) is 2.37. The van der Waals surface area contributed by atoms with Crippen LogP contribution < -0.4 is 0 Å². The Kier molecular flexibility index (Phi) is 3.49. The van der Waals surface area contributed by atoms with Crippen LogP contribution in [0.2, 0.25) is 0 Å². The Morgan fingerprint density at radius 2 is 2.18 bits per heavy atom. The summed E-state index contributed by atoms with van der Waals surface area (Å²) in [6.45, 7) is 0.377. The van der Waals surface area contributed by atoms with E-state index in [4.69, 9.17) is 9.26 Å². The second kappa shape index (κ2) is 5.25. The third-order valence-corrected chi connectivity index (χ3v) is 2.37. The van der Waals surface area contributed by atoms with Crippen LogP contribution in [0, 0.1) is 5.82 Å². The summed E-state index contributed by atoms with van der Waals surface area (Å²) in [5.74, 6) is -0.330. The molecule has 0 radical (unpaired) electrons. The van der Waals surface area contributed by atoms with Crippen LogP contribution in [0.3, 0.4) is 0 Å². The first kappa shape index (κ1) is 11.3. The van der Waals surface area contributed by atoms with Gasteiger partial charge in [-0.15, -0.1) is 0 Å². The normalized spacial score (nSPS) is 12.1. The largest absolute Gasteiger partial charge is 0.459 e. The number of hydrogen-bond acceptors (Lipinski definition) is 4. The number of benzene rings is 1. The summed E-state index contributed by atoms with van der Waals surface area (Å²) < 4.78 is 22.4. The Labute approximate surface area is 97.0 Å². The molecular formula is C12H10FNO3. The fourth-order valence-corrected chi connectivity index (χ4v) is 1.53. The minimum atomic E-state index is -0.465. The number of aromatic nitrogens is 1. The van der Waals surface area contributed by atoms with E-state index in [2.05, 4.69) is 5.16 Å². The molecule has 88 valence electrons. The van der Waals surface area contributed by atoms with Crippen LogP contribution in [-0.4, -0.2) is 11.6 Å². The predicted octanol–water partition coefficient (Wildman–Crippen LogP) is 2.27. The first-order valence-electron chi connectivity index (χ1n) is 5.02. The number of halogens is 1. The second-order valence-electron chi connectivity index (χ2n) is 3.51. The summed E-state index contributed by atoms with van der Waals surface area (Å²) in [5.41, 5.74) is 1.53. The Hall–Kier alpha value is -2.17. The van der Waals surface area contributed by atoms with Gasteiger partial charge < -0.3 is 9.26 Å². The lowest BCUT2D eigenvalue weighted by atomic mass is 10.0. The van der Waals surface area contributed by atoms with Gasteiger partial charge in [-0.1, -0.05) is 17.3 Å². The fourth-order valence-electron chi connectivity index (χ4n) is 1.53. The highest BCUT2D eigenvalue weighted by atomic mass is 19.1. The van der Waals surface area contributed by atoms with E-state index in [-0.39, 0.29) is 5.82 Å². The predicted molar refractivity (Wildman–Crippen MR) is 56.5 cm³/mol. The van der Waals surface area contributed by atoms with E-state index in [1.54, 1.807) is 18.3 Å². The molecule has 2 rings (SSSR count). The molecule has 0 fully saturated rings. The van der Waals surface area contributed by atoms with Gasteiger partial charge in [-0.2, -0.15) is 0 Å².